The Morgan fingerprint density at radius 1 is 1.32 bits per heavy atom. The van der Waals surface area contributed by atoms with Gasteiger partial charge in [-0.1, -0.05) is 12.1 Å². The van der Waals surface area contributed by atoms with E-state index in [2.05, 4.69) is 4.72 Å². The Hall–Kier alpha value is -1.57. The number of sulfonamides is 1. The van der Waals surface area contributed by atoms with Crippen LogP contribution in [-0.4, -0.2) is 15.5 Å². The molecule has 2 rings (SSSR count). The molecule has 3 N–H and O–H groups in total. The van der Waals surface area contributed by atoms with Crippen molar-refractivity contribution in [2.45, 2.75) is 11.4 Å². The molecular formula is C12H14N2O3S2. The first kappa shape index (κ1) is 13.9. The predicted molar refractivity (Wildman–Crippen MR) is 76.0 cm³/mol. The third-order valence-electron chi connectivity index (χ3n) is 2.53. The van der Waals surface area contributed by atoms with Gasteiger partial charge in [0.15, 0.2) is 0 Å². The molecule has 0 spiro atoms. The van der Waals surface area contributed by atoms with E-state index in [1.807, 2.05) is 0 Å². The van der Waals surface area contributed by atoms with Crippen LogP contribution in [0.5, 0.6) is 5.75 Å². The topological polar surface area (TPSA) is 81.4 Å². The summed E-state index contributed by atoms with van der Waals surface area (Å²) in [5.41, 5.74) is 5.94. The van der Waals surface area contributed by atoms with Crippen molar-refractivity contribution in [3.63, 3.8) is 0 Å². The van der Waals surface area contributed by atoms with Crippen molar-refractivity contribution < 1.29 is 13.2 Å². The number of rotatable bonds is 5. The zero-order valence-electron chi connectivity index (χ0n) is 10.3. The van der Waals surface area contributed by atoms with Gasteiger partial charge in [-0.15, -0.1) is 11.3 Å². The molecule has 0 amide bonds. The van der Waals surface area contributed by atoms with Gasteiger partial charge in [0, 0.05) is 11.4 Å². The Labute approximate surface area is 116 Å². The van der Waals surface area contributed by atoms with Crippen LogP contribution in [0.4, 0.5) is 5.69 Å². The Morgan fingerprint density at radius 2 is 2.05 bits per heavy atom. The lowest BCUT2D eigenvalue weighted by Gasteiger charge is -2.11. The average molecular weight is 298 g/mol. The monoisotopic (exact) mass is 298 g/mol. The molecule has 0 aliphatic heterocycles. The van der Waals surface area contributed by atoms with Gasteiger partial charge in [-0.05, 0) is 23.6 Å². The molecule has 0 aliphatic rings. The summed E-state index contributed by atoms with van der Waals surface area (Å²) in [6, 6.07) is 8.38. The summed E-state index contributed by atoms with van der Waals surface area (Å²) in [4.78, 5) is 0.841. The molecule has 0 saturated heterocycles. The standard InChI is InChI=1S/C12H14N2O3S2/c1-17-10-5-3-2-4-9(10)14-19(15,16)12-6-7-18-11(12)8-13/h2-7,14H,8,13H2,1H3. The van der Waals surface area contributed by atoms with Crippen molar-refractivity contribution in [3.8, 4) is 5.75 Å². The highest BCUT2D eigenvalue weighted by Crippen LogP contribution is 2.28. The van der Waals surface area contributed by atoms with Crippen LogP contribution < -0.4 is 15.2 Å². The van der Waals surface area contributed by atoms with E-state index in [1.54, 1.807) is 35.7 Å². The molecule has 0 radical (unpaired) electrons. The van der Waals surface area contributed by atoms with E-state index >= 15 is 0 Å². The number of hydrogen-bond donors (Lipinski definition) is 2. The van der Waals surface area contributed by atoms with Gasteiger partial charge in [-0.25, -0.2) is 8.42 Å². The Bertz CT molecular complexity index is 665. The molecule has 0 unspecified atom stereocenters. The van der Waals surface area contributed by atoms with E-state index in [9.17, 15) is 8.42 Å². The molecule has 5 nitrogen and oxygen atoms in total. The number of methoxy groups -OCH3 is 1. The summed E-state index contributed by atoms with van der Waals surface area (Å²) in [5.74, 6) is 0.468. The van der Waals surface area contributed by atoms with Crippen LogP contribution in [0.2, 0.25) is 0 Å². The van der Waals surface area contributed by atoms with Gasteiger partial charge in [0.2, 0.25) is 0 Å². The Kier molecular flexibility index (Phi) is 4.08. The van der Waals surface area contributed by atoms with Crippen LogP contribution in [-0.2, 0) is 16.6 Å². The third kappa shape index (κ3) is 2.89. The first-order valence-corrected chi connectivity index (χ1v) is 7.87. The first-order chi connectivity index (χ1) is 9.08. The summed E-state index contributed by atoms with van der Waals surface area (Å²) in [6.07, 6.45) is 0. The van der Waals surface area contributed by atoms with Crippen LogP contribution >= 0.6 is 11.3 Å². The van der Waals surface area contributed by atoms with Gasteiger partial charge in [0.25, 0.3) is 10.0 Å². The summed E-state index contributed by atoms with van der Waals surface area (Å²) < 4.78 is 32.2. The normalized spacial score (nSPS) is 11.3. The minimum atomic E-state index is -3.64. The highest BCUT2D eigenvalue weighted by molar-refractivity contribution is 7.93. The zero-order valence-corrected chi connectivity index (χ0v) is 11.9. The van der Waals surface area contributed by atoms with Gasteiger partial charge >= 0.3 is 0 Å². The third-order valence-corrected chi connectivity index (χ3v) is 5.05. The number of nitrogens with one attached hydrogen (secondary N) is 1. The highest BCUT2D eigenvalue weighted by atomic mass is 32.2. The number of benzene rings is 1. The minimum Gasteiger partial charge on any atom is -0.495 e. The molecule has 102 valence electrons. The van der Waals surface area contributed by atoms with Crippen molar-refractivity contribution in [3.05, 3.63) is 40.6 Å². The molecule has 7 heteroatoms. The van der Waals surface area contributed by atoms with Gasteiger partial charge in [-0.3, -0.25) is 4.72 Å². The molecular weight excluding hydrogens is 284 g/mol. The van der Waals surface area contributed by atoms with Gasteiger partial charge < -0.3 is 10.5 Å². The smallest absolute Gasteiger partial charge is 0.263 e. The Morgan fingerprint density at radius 3 is 2.74 bits per heavy atom. The average Bonchev–Trinajstić information content (AvgIpc) is 2.88. The van der Waals surface area contributed by atoms with E-state index in [1.165, 1.54) is 18.4 Å². The molecule has 19 heavy (non-hydrogen) atoms. The lowest BCUT2D eigenvalue weighted by Crippen LogP contribution is -2.15. The second-order valence-corrected chi connectivity index (χ2v) is 6.37. The quantitative estimate of drug-likeness (QED) is 0.885. The van der Waals surface area contributed by atoms with E-state index < -0.39 is 10.0 Å². The van der Waals surface area contributed by atoms with E-state index in [-0.39, 0.29) is 11.4 Å². The fraction of sp³-hybridized carbons (Fsp3) is 0.167. The zero-order chi connectivity index (χ0) is 13.9. The number of ether oxygens (including phenoxy) is 1. The first-order valence-electron chi connectivity index (χ1n) is 5.50. The number of para-hydroxylation sites is 2. The highest BCUT2D eigenvalue weighted by Gasteiger charge is 2.20. The van der Waals surface area contributed by atoms with Crippen molar-refractivity contribution in [2.24, 2.45) is 5.73 Å². The van der Waals surface area contributed by atoms with Crippen LogP contribution in [0.3, 0.4) is 0 Å². The number of nitrogens with two attached hydrogens (primary N) is 1. The lowest BCUT2D eigenvalue weighted by molar-refractivity contribution is 0.417. The summed E-state index contributed by atoms with van der Waals surface area (Å²) in [6.45, 7) is 0.194. The van der Waals surface area contributed by atoms with Gasteiger partial charge in [0.05, 0.1) is 12.8 Å². The van der Waals surface area contributed by atoms with E-state index in [0.717, 1.165) is 0 Å². The number of thiophene rings is 1. The molecule has 0 atom stereocenters. The van der Waals surface area contributed by atoms with Gasteiger partial charge in [-0.2, -0.15) is 0 Å². The van der Waals surface area contributed by atoms with Crippen molar-refractivity contribution in [1.29, 1.82) is 0 Å². The van der Waals surface area contributed by atoms with E-state index in [0.29, 0.717) is 16.3 Å². The van der Waals surface area contributed by atoms with Crippen LogP contribution in [0, 0.1) is 0 Å². The largest absolute Gasteiger partial charge is 0.495 e. The van der Waals surface area contributed by atoms with Gasteiger partial charge in [0.1, 0.15) is 10.6 Å². The van der Waals surface area contributed by atoms with Crippen molar-refractivity contribution >= 4 is 27.0 Å². The fourth-order valence-electron chi connectivity index (χ4n) is 1.65. The van der Waals surface area contributed by atoms with E-state index in [4.69, 9.17) is 10.5 Å². The molecule has 0 aliphatic carbocycles. The number of hydrogen-bond acceptors (Lipinski definition) is 5. The molecule has 1 aromatic heterocycles. The number of anilines is 1. The van der Waals surface area contributed by atoms with Crippen molar-refractivity contribution in [2.75, 3.05) is 11.8 Å². The maximum atomic E-state index is 12.3. The maximum Gasteiger partial charge on any atom is 0.263 e. The maximum absolute atomic E-state index is 12.3. The fourth-order valence-corrected chi connectivity index (χ4v) is 4.05. The predicted octanol–water partition coefficient (Wildman–Crippen LogP) is 2.02. The van der Waals surface area contributed by atoms with Crippen LogP contribution in [0.1, 0.15) is 4.88 Å². The molecule has 1 heterocycles. The molecule has 0 fully saturated rings. The SMILES string of the molecule is COc1ccccc1NS(=O)(=O)c1ccsc1CN. The molecule has 0 bridgehead atoms. The molecule has 0 saturated carbocycles. The molecule has 2 aromatic rings. The lowest BCUT2D eigenvalue weighted by atomic mass is 10.3. The summed E-state index contributed by atoms with van der Waals surface area (Å²) in [5, 5.41) is 1.71. The summed E-state index contributed by atoms with van der Waals surface area (Å²) in [7, 11) is -2.16. The summed E-state index contributed by atoms with van der Waals surface area (Å²) >= 11 is 1.32. The van der Waals surface area contributed by atoms with Crippen molar-refractivity contribution in [1.82, 2.24) is 0 Å². The second-order valence-electron chi connectivity index (χ2n) is 3.72. The molecule has 1 aromatic carbocycles. The minimum absolute atomic E-state index is 0.194. The second kappa shape index (κ2) is 5.60. The Balaban J connectivity index is 2.37. The van der Waals surface area contributed by atoms with Crippen LogP contribution in [0.25, 0.3) is 0 Å². The van der Waals surface area contributed by atoms with Crippen LogP contribution in [0.15, 0.2) is 40.6 Å².